The van der Waals surface area contributed by atoms with Crippen molar-refractivity contribution >= 4 is 33.3 Å². The lowest BCUT2D eigenvalue weighted by Crippen LogP contribution is -2.64. The normalized spacial score (nSPS) is 28.2. The molecule has 1 aromatic carbocycles. The summed E-state index contributed by atoms with van der Waals surface area (Å²) in [6.07, 6.45) is -3.89. The number of rotatable bonds is 5. The highest BCUT2D eigenvalue weighted by Gasteiger charge is 2.57. The monoisotopic (exact) mass is 469 g/mol. The van der Waals surface area contributed by atoms with Crippen LogP contribution in [-0.4, -0.2) is 59.8 Å². The second kappa shape index (κ2) is 7.69. The lowest BCUT2D eigenvalue weighted by molar-refractivity contribution is -0.0209. The van der Waals surface area contributed by atoms with Gasteiger partial charge >= 0.3 is 6.09 Å². The van der Waals surface area contributed by atoms with Gasteiger partial charge in [-0.2, -0.15) is 4.31 Å². The molecule has 4 atom stereocenters. The van der Waals surface area contributed by atoms with Crippen LogP contribution >= 0.6 is 15.9 Å². The van der Waals surface area contributed by atoms with E-state index in [-0.39, 0.29) is 42.3 Å². The zero-order valence-electron chi connectivity index (χ0n) is 14.0. The van der Waals surface area contributed by atoms with E-state index < -0.39 is 47.2 Å². The quantitative estimate of drug-likeness (QED) is 0.530. The highest BCUT2D eigenvalue weighted by molar-refractivity contribution is 9.10. The van der Waals surface area contributed by atoms with Crippen LogP contribution in [0.3, 0.4) is 0 Å². The molecule has 3 rings (SSSR count). The number of hydrogen-bond donors (Lipinski definition) is 1. The molecule has 0 bridgehead atoms. The molecule has 0 aromatic heterocycles. The van der Waals surface area contributed by atoms with Crippen LogP contribution in [0.1, 0.15) is 24.8 Å². The lowest BCUT2D eigenvalue weighted by atomic mass is 9.89. The number of amides is 1. The molecule has 1 heterocycles. The number of hydrogen-bond acceptors (Lipinski definition) is 3. The van der Waals surface area contributed by atoms with Gasteiger partial charge in [0.25, 0.3) is 0 Å². The van der Waals surface area contributed by atoms with Gasteiger partial charge in [0.2, 0.25) is 0 Å². The summed E-state index contributed by atoms with van der Waals surface area (Å²) in [5.74, 6) is -2.88. The van der Waals surface area contributed by atoms with Crippen LogP contribution in [0.15, 0.2) is 22.7 Å². The van der Waals surface area contributed by atoms with Gasteiger partial charge in [0, 0.05) is 30.7 Å². The molecule has 1 saturated heterocycles. The fourth-order valence-corrected chi connectivity index (χ4v) is 4.88. The Morgan fingerprint density at radius 2 is 2.15 bits per heavy atom. The number of likely N-dealkylation sites (tertiary alicyclic amines) is 1. The molecule has 6 nitrogen and oxygen atoms in total. The summed E-state index contributed by atoms with van der Waals surface area (Å²) in [5, 5.41) is 9.49. The molecule has 2 fully saturated rings. The molecule has 150 valence electrons. The van der Waals surface area contributed by atoms with Gasteiger partial charge in [-0.05, 0) is 40.4 Å². The van der Waals surface area contributed by atoms with Gasteiger partial charge in [-0.3, -0.25) is 4.21 Å². The van der Waals surface area contributed by atoms with Crippen LogP contribution < -0.4 is 0 Å². The largest absolute Gasteiger partial charge is 0.759 e. The molecule has 1 amide bonds. The second-order valence-corrected chi connectivity index (χ2v) is 8.40. The molecule has 2 aliphatic rings. The fraction of sp³-hybridized carbons (Fsp3) is 0.562. The molecule has 11 heteroatoms. The molecule has 1 saturated carbocycles. The topological polar surface area (TPSA) is 83.9 Å². The number of alkyl halides is 2. The summed E-state index contributed by atoms with van der Waals surface area (Å²) in [7, 11) is 0. The number of carboxylic acid groups (broad SMARTS) is 1. The third kappa shape index (κ3) is 4.01. The predicted molar refractivity (Wildman–Crippen MR) is 93.5 cm³/mol. The minimum Gasteiger partial charge on any atom is -0.759 e. The Labute approximate surface area is 164 Å². The average molecular weight is 470 g/mol. The predicted octanol–water partition coefficient (Wildman–Crippen LogP) is 3.15. The van der Waals surface area contributed by atoms with Crippen molar-refractivity contribution in [3.63, 3.8) is 0 Å². The van der Waals surface area contributed by atoms with E-state index in [0.717, 1.165) is 4.90 Å². The van der Waals surface area contributed by atoms with E-state index in [1.54, 1.807) is 0 Å². The number of benzene rings is 1. The van der Waals surface area contributed by atoms with Gasteiger partial charge in [-0.25, -0.2) is 18.0 Å². The SMILES string of the molecule is O=C(O)N1CC[C@H](F)[C@H](N(S(=O)[O-])C2(F)CC2)[C@@H]1Cc1cccc(Br)c1F. The Balaban J connectivity index is 2.02. The van der Waals surface area contributed by atoms with Crippen LogP contribution in [0.25, 0.3) is 0 Å². The highest BCUT2D eigenvalue weighted by atomic mass is 79.9. The standard InChI is InChI=1S/C16H18BrF3N2O4S/c17-10-3-1-2-9(13(10)19)8-12-14(11(18)4-7-21(12)15(23)24)22(27(25)26)16(20)5-6-16/h1-3,11-12,14H,4-8H2,(H,23,24)(H,25,26)/p-1/t11-,12-,14-/m0/s1. The third-order valence-corrected chi connectivity index (χ3v) is 6.51. The minimum atomic E-state index is -3.10. The highest BCUT2D eigenvalue weighted by Crippen LogP contribution is 2.47. The summed E-state index contributed by atoms with van der Waals surface area (Å²) < 4.78 is 67.8. The Hall–Kier alpha value is -1.17. The molecule has 27 heavy (non-hydrogen) atoms. The van der Waals surface area contributed by atoms with Crippen LogP contribution in [-0.2, 0) is 17.7 Å². The average Bonchev–Trinajstić information content (AvgIpc) is 3.32. The molecule has 0 radical (unpaired) electrons. The zero-order chi connectivity index (χ0) is 19.9. The van der Waals surface area contributed by atoms with E-state index in [1.165, 1.54) is 18.2 Å². The molecule has 1 aliphatic heterocycles. The van der Waals surface area contributed by atoms with Crippen LogP contribution in [0, 0.1) is 5.82 Å². The van der Waals surface area contributed by atoms with Gasteiger partial charge in [0.1, 0.15) is 12.0 Å². The van der Waals surface area contributed by atoms with E-state index in [4.69, 9.17) is 0 Å². The van der Waals surface area contributed by atoms with Crippen LogP contribution in [0.4, 0.5) is 18.0 Å². The minimum absolute atomic E-state index is 0.0834. The van der Waals surface area contributed by atoms with E-state index >= 15 is 0 Å². The maximum atomic E-state index is 14.8. The number of piperidine rings is 1. The molecule has 1 aliphatic carbocycles. The van der Waals surface area contributed by atoms with Crippen molar-refractivity contribution in [2.75, 3.05) is 6.54 Å². The first-order chi connectivity index (χ1) is 12.7. The lowest BCUT2D eigenvalue weighted by Gasteiger charge is -2.47. The Kier molecular flexibility index (Phi) is 5.85. The number of carbonyl (C=O) groups is 1. The Bertz CT molecular complexity index is 767. The van der Waals surface area contributed by atoms with E-state index in [0.29, 0.717) is 4.31 Å². The Morgan fingerprint density at radius 1 is 1.48 bits per heavy atom. The van der Waals surface area contributed by atoms with E-state index in [9.17, 15) is 31.8 Å². The molecule has 1 unspecified atom stereocenters. The first kappa shape index (κ1) is 20.6. The van der Waals surface area contributed by atoms with Crippen molar-refractivity contribution in [1.29, 1.82) is 0 Å². The van der Waals surface area contributed by atoms with Crippen molar-refractivity contribution in [2.45, 2.75) is 49.7 Å². The second-order valence-electron chi connectivity index (χ2n) is 6.72. The molecular formula is C16H17BrF3N2O4S-. The first-order valence-electron chi connectivity index (χ1n) is 8.30. The van der Waals surface area contributed by atoms with Gasteiger partial charge in [-0.1, -0.05) is 12.1 Å². The zero-order valence-corrected chi connectivity index (χ0v) is 16.4. The van der Waals surface area contributed by atoms with E-state index in [2.05, 4.69) is 15.9 Å². The smallest absolute Gasteiger partial charge is 0.407 e. The summed E-state index contributed by atoms with van der Waals surface area (Å²) in [4.78, 5) is 12.5. The van der Waals surface area contributed by atoms with Gasteiger partial charge < -0.3 is 14.6 Å². The van der Waals surface area contributed by atoms with E-state index in [1.807, 2.05) is 0 Å². The number of halogens is 4. The Morgan fingerprint density at radius 3 is 2.70 bits per heavy atom. The molecule has 0 spiro atoms. The molecular weight excluding hydrogens is 453 g/mol. The first-order valence-corrected chi connectivity index (χ1v) is 10.1. The third-order valence-electron chi connectivity index (χ3n) is 5.01. The molecule has 1 aromatic rings. The maximum Gasteiger partial charge on any atom is 0.407 e. The summed E-state index contributed by atoms with van der Waals surface area (Å²) in [6.45, 7) is -0.189. The van der Waals surface area contributed by atoms with Crippen molar-refractivity contribution in [3.05, 3.63) is 34.1 Å². The van der Waals surface area contributed by atoms with Gasteiger partial charge in [0.05, 0.1) is 16.6 Å². The summed E-state index contributed by atoms with van der Waals surface area (Å²) in [6, 6.07) is 1.55. The van der Waals surface area contributed by atoms with Crippen molar-refractivity contribution in [2.24, 2.45) is 0 Å². The maximum absolute atomic E-state index is 14.8. The summed E-state index contributed by atoms with van der Waals surface area (Å²) in [5.41, 5.74) is 0.0834. The number of nitrogens with zero attached hydrogens (tertiary/aromatic N) is 2. The fourth-order valence-electron chi connectivity index (χ4n) is 3.55. The van der Waals surface area contributed by atoms with Gasteiger partial charge in [-0.15, -0.1) is 0 Å². The van der Waals surface area contributed by atoms with Crippen LogP contribution in [0.5, 0.6) is 0 Å². The van der Waals surface area contributed by atoms with Crippen molar-refractivity contribution in [1.82, 2.24) is 9.21 Å². The van der Waals surface area contributed by atoms with Crippen molar-refractivity contribution < 1.29 is 31.8 Å². The van der Waals surface area contributed by atoms with Crippen LogP contribution in [0.2, 0.25) is 0 Å². The van der Waals surface area contributed by atoms with Gasteiger partial charge in [0.15, 0.2) is 5.79 Å². The summed E-state index contributed by atoms with van der Waals surface area (Å²) >= 11 is -0.0717. The van der Waals surface area contributed by atoms with Crippen molar-refractivity contribution in [3.8, 4) is 0 Å². The molecule has 1 N–H and O–H groups in total.